The van der Waals surface area contributed by atoms with E-state index in [2.05, 4.69) is 10.6 Å². The molecular formula is C14H18Cl2N2O3. The fourth-order valence-electron chi connectivity index (χ4n) is 1.41. The second-order valence-corrected chi connectivity index (χ2v) is 6.14. The molecule has 2 N–H and O–H groups in total. The quantitative estimate of drug-likeness (QED) is 0.879. The summed E-state index contributed by atoms with van der Waals surface area (Å²) in [5, 5.41) is 5.82. The number of rotatable bonds is 4. The topological polar surface area (TPSA) is 67.4 Å². The highest BCUT2D eigenvalue weighted by Gasteiger charge is 2.16. The largest absolute Gasteiger partial charge is 0.444 e. The molecule has 0 saturated carbocycles. The molecule has 1 aromatic rings. The van der Waals surface area contributed by atoms with E-state index in [9.17, 15) is 9.59 Å². The normalized spacial score (nSPS) is 10.9. The predicted octanol–water partition coefficient (Wildman–Crippen LogP) is 3.85. The van der Waals surface area contributed by atoms with Crippen LogP contribution in [0.5, 0.6) is 0 Å². The number of nitrogens with one attached hydrogen (secondary N) is 2. The first-order chi connectivity index (χ1) is 9.69. The van der Waals surface area contributed by atoms with Crippen molar-refractivity contribution in [1.82, 2.24) is 5.32 Å². The molecule has 0 atom stereocenters. The Morgan fingerprint density at radius 1 is 1.19 bits per heavy atom. The van der Waals surface area contributed by atoms with Crippen LogP contribution in [0.3, 0.4) is 0 Å². The van der Waals surface area contributed by atoms with E-state index in [4.69, 9.17) is 27.9 Å². The van der Waals surface area contributed by atoms with E-state index in [-0.39, 0.29) is 18.9 Å². The summed E-state index contributed by atoms with van der Waals surface area (Å²) in [6.07, 6.45) is -0.480. The molecule has 0 aliphatic heterocycles. The molecule has 0 saturated heterocycles. The smallest absolute Gasteiger partial charge is 0.407 e. The summed E-state index contributed by atoms with van der Waals surface area (Å²) in [6.45, 7) is 5.44. The maximum Gasteiger partial charge on any atom is 0.407 e. The highest BCUT2D eigenvalue weighted by atomic mass is 35.5. The Balaban J connectivity index is 2.40. The number of hydrogen-bond donors (Lipinski definition) is 2. The molecule has 7 heteroatoms. The summed E-state index contributed by atoms with van der Waals surface area (Å²) in [6, 6.07) is 4.94. The summed E-state index contributed by atoms with van der Waals surface area (Å²) < 4.78 is 5.05. The van der Waals surface area contributed by atoms with Crippen LogP contribution in [-0.4, -0.2) is 24.1 Å². The van der Waals surface area contributed by atoms with Crippen molar-refractivity contribution in [1.29, 1.82) is 0 Å². The van der Waals surface area contributed by atoms with E-state index < -0.39 is 11.7 Å². The minimum absolute atomic E-state index is 0.0841. The number of ether oxygens (including phenoxy) is 1. The van der Waals surface area contributed by atoms with Crippen molar-refractivity contribution >= 4 is 40.9 Å². The number of hydrogen-bond acceptors (Lipinski definition) is 3. The number of alkyl carbamates (subject to hydrolysis) is 1. The van der Waals surface area contributed by atoms with Gasteiger partial charge in [0.2, 0.25) is 5.91 Å². The lowest BCUT2D eigenvalue weighted by Gasteiger charge is -2.19. The molecule has 0 heterocycles. The van der Waals surface area contributed by atoms with Gasteiger partial charge < -0.3 is 15.4 Å². The summed E-state index contributed by atoms with van der Waals surface area (Å²) in [5.41, 5.74) is -0.208. The molecule has 2 amide bonds. The van der Waals surface area contributed by atoms with Crippen molar-refractivity contribution < 1.29 is 14.3 Å². The van der Waals surface area contributed by atoms with Gasteiger partial charge in [-0.3, -0.25) is 4.79 Å². The molecular weight excluding hydrogens is 315 g/mol. The van der Waals surface area contributed by atoms with Gasteiger partial charge in [0.1, 0.15) is 5.60 Å². The maximum atomic E-state index is 11.8. The van der Waals surface area contributed by atoms with E-state index in [0.29, 0.717) is 15.7 Å². The predicted molar refractivity (Wildman–Crippen MR) is 83.9 cm³/mol. The number of anilines is 1. The standard InChI is InChI=1S/C14H18Cl2N2O3/c1-14(2,3)21-13(20)17-8-7-11(19)18-12-9(15)5-4-6-10(12)16/h4-6H,7-8H2,1-3H3,(H,17,20)(H,18,19). The van der Waals surface area contributed by atoms with Crippen LogP contribution in [0.25, 0.3) is 0 Å². The number of carbonyl (C=O) groups is 2. The SMILES string of the molecule is CC(C)(C)OC(=O)NCCC(=O)Nc1c(Cl)cccc1Cl. The molecule has 0 unspecified atom stereocenters. The second-order valence-electron chi connectivity index (χ2n) is 5.32. The van der Waals surface area contributed by atoms with Crippen molar-refractivity contribution in [2.75, 3.05) is 11.9 Å². The average molecular weight is 333 g/mol. The van der Waals surface area contributed by atoms with Crippen LogP contribution in [0.2, 0.25) is 10.0 Å². The second kappa shape index (κ2) is 7.52. The molecule has 5 nitrogen and oxygen atoms in total. The number of halogens is 2. The lowest BCUT2D eigenvalue weighted by atomic mass is 10.2. The van der Waals surface area contributed by atoms with E-state index >= 15 is 0 Å². The number of benzene rings is 1. The summed E-state index contributed by atoms with van der Waals surface area (Å²) in [4.78, 5) is 23.2. The van der Waals surface area contributed by atoms with Crippen molar-refractivity contribution in [2.24, 2.45) is 0 Å². The molecule has 1 rings (SSSR count). The van der Waals surface area contributed by atoms with Crippen LogP contribution in [0.4, 0.5) is 10.5 Å². The van der Waals surface area contributed by atoms with Gasteiger partial charge in [0, 0.05) is 13.0 Å². The van der Waals surface area contributed by atoms with Crippen molar-refractivity contribution in [3.8, 4) is 0 Å². The van der Waals surface area contributed by atoms with Gasteiger partial charge in [-0.05, 0) is 32.9 Å². The molecule has 0 fully saturated rings. The van der Waals surface area contributed by atoms with Crippen molar-refractivity contribution in [3.63, 3.8) is 0 Å². The first kappa shape index (κ1) is 17.6. The van der Waals surface area contributed by atoms with Gasteiger partial charge in [-0.25, -0.2) is 4.79 Å². The van der Waals surface area contributed by atoms with Crippen LogP contribution >= 0.6 is 23.2 Å². The summed E-state index contributed by atoms with van der Waals surface area (Å²) >= 11 is 11.9. The molecule has 0 aliphatic rings. The van der Waals surface area contributed by atoms with E-state index in [1.54, 1.807) is 39.0 Å². The van der Waals surface area contributed by atoms with Crippen LogP contribution in [-0.2, 0) is 9.53 Å². The minimum atomic E-state index is -0.572. The Bertz CT molecular complexity index is 507. The fourth-order valence-corrected chi connectivity index (χ4v) is 1.90. The molecule has 1 aromatic carbocycles. The highest BCUT2D eigenvalue weighted by molar-refractivity contribution is 6.39. The molecule has 0 spiro atoms. The van der Waals surface area contributed by atoms with Gasteiger partial charge in [-0.1, -0.05) is 29.3 Å². The minimum Gasteiger partial charge on any atom is -0.444 e. The number of carbonyl (C=O) groups excluding carboxylic acids is 2. The van der Waals surface area contributed by atoms with Gasteiger partial charge in [-0.15, -0.1) is 0 Å². The maximum absolute atomic E-state index is 11.8. The van der Waals surface area contributed by atoms with Gasteiger partial charge in [-0.2, -0.15) is 0 Å². The lowest BCUT2D eigenvalue weighted by molar-refractivity contribution is -0.116. The third kappa shape index (κ3) is 6.69. The van der Waals surface area contributed by atoms with Crippen LogP contribution in [0.15, 0.2) is 18.2 Å². The van der Waals surface area contributed by atoms with Gasteiger partial charge in [0.25, 0.3) is 0 Å². The number of amides is 2. The molecule has 0 aliphatic carbocycles. The monoisotopic (exact) mass is 332 g/mol. The Morgan fingerprint density at radius 2 is 1.76 bits per heavy atom. The van der Waals surface area contributed by atoms with Gasteiger partial charge in [0.15, 0.2) is 0 Å². The summed E-state index contributed by atoms with van der Waals surface area (Å²) in [5.74, 6) is -0.305. The van der Waals surface area contributed by atoms with E-state index in [0.717, 1.165) is 0 Å². The molecule has 21 heavy (non-hydrogen) atoms. The first-order valence-electron chi connectivity index (χ1n) is 6.40. The Labute approximate surface area is 133 Å². The third-order valence-corrected chi connectivity index (χ3v) is 2.88. The van der Waals surface area contributed by atoms with Gasteiger partial charge >= 0.3 is 6.09 Å². The molecule has 0 aromatic heterocycles. The average Bonchev–Trinajstić information content (AvgIpc) is 2.31. The highest BCUT2D eigenvalue weighted by Crippen LogP contribution is 2.29. The molecule has 0 bridgehead atoms. The zero-order chi connectivity index (χ0) is 16.0. The first-order valence-corrected chi connectivity index (χ1v) is 7.15. The van der Waals surface area contributed by atoms with E-state index in [1.807, 2.05) is 0 Å². The van der Waals surface area contributed by atoms with Crippen molar-refractivity contribution in [2.45, 2.75) is 32.8 Å². The fraction of sp³-hybridized carbons (Fsp3) is 0.429. The van der Waals surface area contributed by atoms with Crippen LogP contribution in [0, 0.1) is 0 Å². The Kier molecular flexibility index (Phi) is 6.30. The Morgan fingerprint density at radius 3 is 2.29 bits per heavy atom. The van der Waals surface area contributed by atoms with Crippen LogP contribution < -0.4 is 10.6 Å². The zero-order valence-electron chi connectivity index (χ0n) is 12.1. The summed E-state index contributed by atoms with van der Waals surface area (Å²) in [7, 11) is 0. The Hall–Kier alpha value is -1.46. The third-order valence-electron chi connectivity index (χ3n) is 2.25. The zero-order valence-corrected chi connectivity index (χ0v) is 13.6. The molecule has 116 valence electrons. The number of para-hydroxylation sites is 1. The lowest BCUT2D eigenvalue weighted by Crippen LogP contribution is -2.34. The van der Waals surface area contributed by atoms with Crippen LogP contribution in [0.1, 0.15) is 27.2 Å². The van der Waals surface area contributed by atoms with E-state index in [1.165, 1.54) is 0 Å². The molecule has 0 radical (unpaired) electrons. The van der Waals surface area contributed by atoms with Crippen molar-refractivity contribution in [3.05, 3.63) is 28.2 Å². The van der Waals surface area contributed by atoms with Gasteiger partial charge in [0.05, 0.1) is 15.7 Å².